The Morgan fingerprint density at radius 2 is 1.93 bits per heavy atom. The average Bonchev–Trinajstić information content (AvgIpc) is 3.48. The number of benzene rings is 1. The molecule has 0 N–H and O–H groups in total. The largest absolute Gasteiger partial charge is 0.416 e. The van der Waals surface area contributed by atoms with Gasteiger partial charge >= 0.3 is 6.18 Å². The molecule has 5 rings (SSSR count). The van der Waals surface area contributed by atoms with Crippen LogP contribution in [0.5, 0.6) is 0 Å². The van der Waals surface area contributed by atoms with Crippen LogP contribution in [0.2, 0.25) is 5.02 Å². The zero-order valence-corrected chi connectivity index (χ0v) is 23.4. The summed E-state index contributed by atoms with van der Waals surface area (Å²) in [6, 6.07) is -0.941. The van der Waals surface area contributed by atoms with E-state index in [4.69, 9.17) is 29.4 Å². The van der Waals surface area contributed by atoms with Gasteiger partial charge in [-0.1, -0.05) is 11.6 Å². The normalized spacial score (nSPS) is 26.5. The smallest absolute Gasteiger partial charge is 0.341 e. The number of carbonyl (C=O) groups is 2. The molecule has 0 bridgehead atoms. The number of amides is 2. The highest BCUT2D eigenvalue weighted by Gasteiger charge is 2.61. The average molecular weight is 643 g/mol. The molecule has 42 heavy (non-hydrogen) atoms. The lowest BCUT2D eigenvalue weighted by Gasteiger charge is -2.32. The number of likely N-dealkylation sites (N-methyl/N-ethyl adjacent to an activating group) is 1. The first-order valence-corrected chi connectivity index (χ1v) is 14.4. The SMILES string of the molecule is [2H]C([2H])([2H])N(C(=O)[C@@H]1[C@@H]2OC(C)(C)O[C@@H]2C(=O)N1c1cc(C(F)(F)F)c2c(n1)CCC2OS(C)(=O)=O)c1cc(Cl)c(F)cc1F. The first-order valence-electron chi connectivity index (χ1n) is 13.7. The van der Waals surface area contributed by atoms with Crippen LogP contribution >= 0.6 is 11.6 Å². The number of ether oxygens (including phenoxy) is 2. The number of alkyl halides is 3. The van der Waals surface area contributed by atoms with Crippen LogP contribution in [-0.2, 0) is 46.0 Å². The Bertz CT molecular complexity index is 1710. The van der Waals surface area contributed by atoms with Gasteiger partial charge in [-0.25, -0.2) is 13.8 Å². The van der Waals surface area contributed by atoms with E-state index in [0.29, 0.717) is 23.3 Å². The van der Waals surface area contributed by atoms with Crippen LogP contribution in [0.3, 0.4) is 0 Å². The van der Waals surface area contributed by atoms with Gasteiger partial charge in [-0.15, -0.1) is 0 Å². The predicted molar refractivity (Wildman–Crippen MR) is 136 cm³/mol. The van der Waals surface area contributed by atoms with Crippen molar-refractivity contribution in [2.24, 2.45) is 0 Å². The molecule has 10 nitrogen and oxygen atoms in total. The van der Waals surface area contributed by atoms with Gasteiger partial charge in [0, 0.05) is 28.4 Å². The number of rotatable bonds is 5. The number of carbonyl (C=O) groups excluding carboxylic acids is 2. The summed E-state index contributed by atoms with van der Waals surface area (Å²) in [7, 11) is -4.21. The van der Waals surface area contributed by atoms with Gasteiger partial charge in [0.15, 0.2) is 11.9 Å². The van der Waals surface area contributed by atoms with E-state index in [1.807, 2.05) is 0 Å². The summed E-state index contributed by atoms with van der Waals surface area (Å²) in [5.41, 5.74) is -3.32. The highest BCUT2D eigenvalue weighted by Crippen LogP contribution is 2.47. The van der Waals surface area contributed by atoms with E-state index >= 15 is 0 Å². The number of aryl methyl sites for hydroxylation is 1. The second kappa shape index (κ2) is 10.1. The van der Waals surface area contributed by atoms with E-state index in [9.17, 15) is 40.0 Å². The summed E-state index contributed by atoms with van der Waals surface area (Å²) in [6.45, 7) is -0.773. The third-order valence-corrected chi connectivity index (χ3v) is 7.71. The second-order valence-corrected chi connectivity index (χ2v) is 12.3. The third kappa shape index (κ3) is 5.34. The number of fused-ring (bicyclic) bond motifs is 2. The minimum atomic E-state index is -5.14. The highest BCUT2D eigenvalue weighted by atomic mass is 35.5. The molecule has 0 spiro atoms. The number of nitrogens with zero attached hydrogens (tertiary/aromatic N) is 3. The fourth-order valence-electron chi connectivity index (χ4n) is 5.29. The molecule has 1 aliphatic carbocycles. The molecule has 3 heterocycles. The summed E-state index contributed by atoms with van der Waals surface area (Å²) >= 11 is 5.75. The molecule has 2 saturated heterocycles. The Hall–Kier alpha value is -2.92. The van der Waals surface area contributed by atoms with Gasteiger partial charge in [-0.2, -0.15) is 21.6 Å². The zero-order chi connectivity index (χ0) is 33.6. The Balaban J connectivity index is 1.69. The van der Waals surface area contributed by atoms with Crippen LogP contribution in [-0.4, -0.2) is 62.5 Å². The molecule has 0 saturated carbocycles. The molecule has 1 aromatic carbocycles. The second-order valence-electron chi connectivity index (χ2n) is 10.3. The van der Waals surface area contributed by atoms with Crippen molar-refractivity contribution in [2.75, 3.05) is 23.0 Å². The van der Waals surface area contributed by atoms with Crippen molar-refractivity contribution < 1.29 is 57.7 Å². The monoisotopic (exact) mass is 642 g/mol. The summed E-state index contributed by atoms with van der Waals surface area (Å²) in [6.07, 6.45) is -9.75. The van der Waals surface area contributed by atoms with Crippen LogP contribution < -0.4 is 9.80 Å². The molecule has 1 aromatic heterocycles. The maximum Gasteiger partial charge on any atom is 0.416 e. The molecule has 2 fully saturated rings. The lowest BCUT2D eigenvalue weighted by molar-refractivity contribution is -0.161. The van der Waals surface area contributed by atoms with Crippen LogP contribution in [0.1, 0.15) is 47.3 Å². The molecule has 1 unspecified atom stereocenters. The van der Waals surface area contributed by atoms with Crippen molar-refractivity contribution in [3.63, 3.8) is 0 Å². The van der Waals surface area contributed by atoms with E-state index in [-0.39, 0.29) is 29.5 Å². The fourth-order valence-corrected chi connectivity index (χ4v) is 6.07. The molecule has 4 atom stereocenters. The number of anilines is 2. The zero-order valence-electron chi connectivity index (χ0n) is 24.8. The number of hydrogen-bond donors (Lipinski definition) is 0. The summed E-state index contributed by atoms with van der Waals surface area (Å²) in [5.74, 6) is -7.79. The van der Waals surface area contributed by atoms with Gasteiger partial charge in [-0.3, -0.25) is 18.7 Å². The highest BCUT2D eigenvalue weighted by molar-refractivity contribution is 7.86. The van der Waals surface area contributed by atoms with Gasteiger partial charge in [0.05, 0.1) is 22.5 Å². The van der Waals surface area contributed by atoms with Crippen LogP contribution in [0.15, 0.2) is 18.2 Å². The standard InChI is InChI=1S/C25H23ClF5N3O7S/c1-24(2)39-20-19(22(35)33(3)15-8-11(26)12(27)9-13(15)28)34(23(36)21(20)40-24)17-7-10(25(29,30)31)18-14(32-17)5-6-16(18)41-42(4,37)38/h7-9,16,19-21H,5-6H2,1-4H3/t16?,19-,20-,21-/m0/s1/i3D3. The van der Waals surface area contributed by atoms with Crippen molar-refractivity contribution in [1.82, 2.24) is 4.98 Å². The molecular formula is C25H23ClF5N3O7S. The quantitative estimate of drug-likeness (QED) is 0.274. The Morgan fingerprint density at radius 3 is 2.55 bits per heavy atom. The molecule has 2 amide bonds. The Morgan fingerprint density at radius 1 is 1.24 bits per heavy atom. The minimum Gasteiger partial charge on any atom is -0.341 e. The van der Waals surface area contributed by atoms with Gasteiger partial charge < -0.3 is 14.4 Å². The van der Waals surface area contributed by atoms with Gasteiger partial charge in [-0.05, 0) is 38.8 Å². The van der Waals surface area contributed by atoms with Gasteiger partial charge in [0.2, 0.25) is 0 Å². The Kier molecular flexibility index (Phi) is 6.40. The van der Waals surface area contributed by atoms with Crippen LogP contribution in [0, 0.1) is 11.6 Å². The third-order valence-electron chi connectivity index (χ3n) is 6.84. The maximum atomic E-state index is 15.0. The van der Waals surface area contributed by atoms with Crippen LogP contribution in [0.25, 0.3) is 0 Å². The summed E-state index contributed by atoms with van der Waals surface area (Å²) < 4.78 is 136. The number of hydrogen-bond acceptors (Lipinski definition) is 8. The lowest BCUT2D eigenvalue weighted by atomic mass is 10.0. The number of halogens is 6. The van der Waals surface area contributed by atoms with Gasteiger partial charge in [0.1, 0.15) is 35.7 Å². The van der Waals surface area contributed by atoms with E-state index in [1.54, 1.807) is 0 Å². The van der Waals surface area contributed by atoms with Crippen molar-refractivity contribution in [3.05, 3.63) is 51.7 Å². The summed E-state index contributed by atoms with van der Waals surface area (Å²) in [5, 5.41) is -0.756. The van der Waals surface area contributed by atoms with Crippen molar-refractivity contribution in [2.45, 2.75) is 63.0 Å². The molecule has 2 aliphatic heterocycles. The van der Waals surface area contributed by atoms with Gasteiger partial charge in [0.25, 0.3) is 21.9 Å². The molecule has 228 valence electrons. The lowest BCUT2D eigenvalue weighted by Crippen LogP contribution is -2.51. The van der Waals surface area contributed by atoms with E-state index < -0.39 is 105 Å². The molecule has 0 radical (unpaired) electrons. The van der Waals surface area contributed by atoms with E-state index in [2.05, 4.69) is 4.98 Å². The molecule has 17 heteroatoms. The van der Waals surface area contributed by atoms with E-state index in [0.717, 1.165) is 0 Å². The molecular weight excluding hydrogens is 617 g/mol. The van der Waals surface area contributed by atoms with Crippen molar-refractivity contribution >= 4 is 45.0 Å². The van der Waals surface area contributed by atoms with E-state index in [1.165, 1.54) is 13.8 Å². The van der Waals surface area contributed by atoms with Crippen LogP contribution in [0.4, 0.5) is 33.5 Å². The summed E-state index contributed by atoms with van der Waals surface area (Å²) in [4.78, 5) is 32.4. The minimum absolute atomic E-state index is 0.0797. The predicted octanol–water partition coefficient (Wildman–Crippen LogP) is 3.89. The fraction of sp³-hybridized carbons (Fsp3) is 0.480. The first-order chi connectivity index (χ1) is 20.5. The Labute approximate surface area is 245 Å². The van der Waals surface area contributed by atoms with Crippen molar-refractivity contribution in [1.29, 1.82) is 0 Å². The number of aromatic nitrogens is 1. The number of pyridine rings is 1. The molecule has 3 aliphatic rings. The van der Waals surface area contributed by atoms with Crippen molar-refractivity contribution in [3.8, 4) is 0 Å². The first kappa shape index (κ1) is 26.7. The maximum absolute atomic E-state index is 15.0. The topological polar surface area (TPSA) is 115 Å². The molecule has 2 aromatic rings.